The van der Waals surface area contributed by atoms with Gasteiger partial charge in [-0.25, -0.2) is 0 Å². The van der Waals surface area contributed by atoms with Gasteiger partial charge in [0, 0.05) is 18.5 Å². The van der Waals surface area contributed by atoms with Gasteiger partial charge >= 0.3 is 5.97 Å². The molecule has 0 radical (unpaired) electrons. The van der Waals surface area contributed by atoms with E-state index in [1.54, 1.807) is 5.56 Å². The number of likely N-dealkylation sites (tertiary alicyclic amines) is 1. The third kappa shape index (κ3) is 1.81. The Kier molecular flexibility index (Phi) is 3.30. The smallest absolute Gasteiger partial charge is 0.309 e. The molecule has 0 N–H and O–H groups in total. The van der Waals surface area contributed by atoms with Crippen LogP contribution in [0, 0.1) is 17.8 Å². The first-order chi connectivity index (χ1) is 10.6. The minimum Gasteiger partial charge on any atom is -0.466 e. The summed E-state index contributed by atoms with van der Waals surface area (Å²) in [6, 6.07) is 9.42. The van der Waals surface area contributed by atoms with Crippen LogP contribution in [0.5, 0.6) is 0 Å². The van der Waals surface area contributed by atoms with Crippen LogP contribution in [-0.4, -0.2) is 37.1 Å². The Morgan fingerprint density at radius 2 is 2.09 bits per heavy atom. The van der Waals surface area contributed by atoms with Crippen molar-refractivity contribution in [2.24, 2.45) is 17.8 Å². The number of rotatable bonds is 3. The topological polar surface area (TPSA) is 29.5 Å². The second kappa shape index (κ2) is 5.09. The SMILES string of the molecule is CCOC(=O)[C@@H](C)[C@@H]1[C@@H]2[C@@H]3c4ccccc4[C@H]1C[C@@H]3CN2C. The van der Waals surface area contributed by atoms with E-state index in [4.69, 9.17) is 4.74 Å². The first-order valence-electron chi connectivity index (χ1n) is 8.59. The van der Waals surface area contributed by atoms with Gasteiger partial charge in [-0.2, -0.15) is 0 Å². The Hall–Kier alpha value is -1.35. The minimum absolute atomic E-state index is 0.0191. The molecule has 3 nitrogen and oxygen atoms in total. The molecule has 1 aliphatic heterocycles. The van der Waals surface area contributed by atoms with Crippen LogP contribution in [0.2, 0.25) is 0 Å². The Balaban J connectivity index is 1.76. The van der Waals surface area contributed by atoms with E-state index >= 15 is 0 Å². The Morgan fingerprint density at radius 3 is 2.82 bits per heavy atom. The number of carbonyl (C=O) groups is 1. The second-order valence-electron chi connectivity index (χ2n) is 7.31. The van der Waals surface area contributed by atoms with Crippen molar-refractivity contribution in [3.05, 3.63) is 35.4 Å². The Morgan fingerprint density at radius 1 is 1.36 bits per heavy atom. The summed E-state index contributed by atoms with van der Waals surface area (Å²) in [5, 5.41) is 0. The van der Waals surface area contributed by atoms with Gasteiger partial charge in [0.05, 0.1) is 12.5 Å². The van der Waals surface area contributed by atoms with Crippen molar-refractivity contribution in [3.8, 4) is 0 Å². The fraction of sp³-hybridized carbons (Fsp3) is 0.632. The van der Waals surface area contributed by atoms with Crippen LogP contribution < -0.4 is 0 Å². The van der Waals surface area contributed by atoms with Gasteiger partial charge in [-0.3, -0.25) is 4.79 Å². The maximum absolute atomic E-state index is 12.4. The van der Waals surface area contributed by atoms with Crippen LogP contribution in [0.1, 0.15) is 43.2 Å². The molecule has 1 aromatic carbocycles. The molecule has 0 aromatic heterocycles. The fourth-order valence-electron chi connectivity index (χ4n) is 5.63. The highest BCUT2D eigenvalue weighted by atomic mass is 16.5. The average molecular weight is 299 g/mol. The molecule has 0 amide bonds. The van der Waals surface area contributed by atoms with E-state index < -0.39 is 0 Å². The molecule has 1 saturated heterocycles. The van der Waals surface area contributed by atoms with E-state index in [9.17, 15) is 4.79 Å². The number of benzene rings is 1. The number of hydrogen-bond donors (Lipinski definition) is 0. The number of ether oxygens (including phenoxy) is 1. The molecule has 1 saturated carbocycles. The van der Waals surface area contributed by atoms with E-state index in [0.717, 1.165) is 5.92 Å². The molecule has 0 spiro atoms. The van der Waals surface area contributed by atoms with Crippen LogP contribution >= 0.6 is 0 Å². The molecule has 6 atom stereocenters. The number of likely N-dealkylation sites (N-methyl/N-ethyl adjacent to an activating group) is 1. The fourth-order valence-corrected chi connectivity index (χ4v) is 5.63. The van der Waals surface area contributed by atoms with Crippen LogP contribution in [0.3, 0.4) is 0 Å². The predicted octanol–water partition coefficient (Wildman–Crippen LogP) is 3.02. The molecular weight excluding hydrogens is 274 g/mol. The van der Waals surface area contributed by atoms with Crippen molar-refractivity contribution in [2.45, 2.75) is 38.1 Å². The maximum atomic E-state index is 12.4. The van der Waals surface area contributed by atoms with E-state index in [1.807, 2.05) is 6.92 Å². The van der Waals surface area contributed by atoms with E-state index in [1.165, 1.54) is 18.5 Å². The molecule has 4 aliphatic rings. The minimum atomic E-state index is -0.0210. The zero-order chi connectivity index (χ0) is 15.4. The lowest BCUT2D eigenvalue weighted by Gasteiger charge is -2.51. The largest absolute Gasteiger partial charge is 0.466 e. The summed E-state index contributed by atoms with van der Waals surface area (Å²) in [6.07, 6.45) is 1.23. The zero-order valence-electron chi connectivity index (χ0n) is 13.7. The summed E-state index contributed by atoms with van der Waals surface area (Å²) in [5.41, 5.74) is 3.04. The van der Waals surface area contributed by atoms with Crippen molar-refractivity contribution >= 4 is 5.97 Å². The molecule has 3 heteroatoms. The molecule has 5 rings (SSSR count). The molecule has 1 heterocycles. The summed E-state index contributed by atoms with van der Waals surface area (Å²) < 4.78 is 5.34. The monoisotopic (exact) mass is 299 g/mol. The number of hydrogen-bond acceptors (Lipinski definition) is 3. The molecule has 2 fully saturated rings. The first-order valence-corrected chi connectivity index (χ1v) is 8.59. The third-order valence-electron chi connectivity index (χ3n) is 6.31. The van der Waals surface area contributed by atoms with E-state index in [2.05, 4.69) is 43.1 Å². The number of carbonyl (C=O) groups excluding carboxylic acids is 1. The highest BCUT2D eigenvalue weighted by molar-refractivity contribution is 5.73. The number of nitrogens with zero attached hydrogens (tertiary/aromatic N) is 1. The summed E-state index contributed by atoms with van der Waals surface area (Å²) in [5.74, 6) is 2.23. The standard InChI is InChI=1S/C19H25NO2/c1-4-22-19(21)11(2)16-15-9-12-10-20(3)18(16)17(12)14-8-6-5-7-13(14)15/h5-8,11-12,15-18H,4,9-10H2,1-3H3/t11-,12+,15+,16-,17-,18+/m0/s1. The van der Waals surface area contributed by atoms with Crippen LogP contribution in [0.4, 0.5) is 0 Å². The average Bonchev–Trinajstić information content (AvgIpc) is 2.79. The van der Waals surface area contributed by atoms with Gasteiger partial charge in [0.1, 0.15) is 0 Å². The molecule has 0 unspecified atom stereocenters. The highest BCUT2D eigenvalue weighted by Crippen LogP contribution is 2.61. The first kappa shape index (κ1) is 14.3. The number of esters is 1. The summed E-state index contributed by atoms with van der Waals surface area (Å²) >= 11 is 0. The molecular formula is C19H25NO2. The summed E-state index contributed by atoms with van der Waals surface area (Å²) in [7, 11) is 2.23. The van der Waals surface area contributed by atoms with Crippen LogP contribution in [-0.2, 0) is 9.53 Å². The lowest BCUT2D eigenvalue weighted by molar-refractivity contribution is -0.151. The maximum Gasteiger partial charge on any atom is 0.309 e. The van der Waals surface area contributed by atoms with Gasteiger partial charge in [0.25, 0.3) is 0 Å². The van der Waals surface area contributed by atoms with Crippen molar-refractivity contribution in [1.82, 2.24) is 4.90 Å². The molecule has 118 valence electrons. The van der Waals surface area contributed by atoms with Gasteiger partial charge in [0.15, 0.2) is 0 Å². The van der Waals surface area contributed by atoms with Gasteiger partial charge < -0.3 is 9.64 Å². The third-order valence-corrected chi connectivity index (χ3v) is 6.31. The van der Waals surface area contributed by atoms with Crippen molar-refractivity contribution in [1.29, 1.82) is 0 Å². The van der Waals surface area contributed by atoms with E-state index in [-0.39, 0.29) is 11.9 Å². The van der Waals surface area contributed by atoms with Crippen molar-refractivity contribution in [2.75, 3.05) is 20.2 Å². The van der Waals surface area contributed by atoms with Crippen molar-refractivity contribution < 1.29 is 9.53 Å². The van der Waals surface area contributed by atoms with E-state index in [0.29, 0.717) is 30.4 Å². The van der Waals surface area contributed by atoms with Gasteiger partial charge in [-0.15, -0.1) is 0 Å². The zero-order valence-corrected chi connectivity index (χ0v) is 13.7. The lowest BCUT2D eigenvalue weighted by atomic mass is 9.54. The Labute approximate surface area is 132 Å². The molecule has 22 heavy (non-hydrogen) atoms. The van der Waals surface area contributed by atoms with Crippen LogP contribution in [0.15, 0.2) is 24.3 Å². The van der Waals surface area contributed by atoms with Crippen LogP contribution in [0.25, 0.3) is 0 Å². The Bertz CT molecular complexity index is 599. The molecule has 4 bridgehead atoms. The lowest BCUT2D eigenvalue weighted by Crippen LogP contribution is -2.50. The second-order valence-corrected chi connectivity index (χ2v) is 7.31. The predicted molar refractivity (Wildman–Crippen MR) is 85.7 cm³/mol. The van der Waals surface area contributed by atoms with Gasteiger partial charge in [0.2, 0.25) is 0 Å². The normalized spacial score (nSPS) is 37.0. The van der Waals surface area contributed by atoms with Gasteiger partial charge in [-0.05, 0) is 49.3 Å². The quantitative estimate of drug-likeness (QED) is 0.804. The van der Waals surface area contributed by atoms with Crippen molar-refractivity contribution in [3.63, 3.8) is 0 Å². The van der Waals surface area contributed by atoms with Gasteiger partial charge in [-0.1, -0.05) is 31.2 Å². The molecule has 1 aromatic rings. The summed E-state index contributed by atoms with van der Waals surface area (Å²) in [4.78, 5) is 14.9. The highest BCUT2D eigenvalue weighted by Gasteiger charge is 2.58. The molecule has 3 aliphatic carbocycles. The summed E-state index contributed by atoms with van der Waals surface area (Å²) in [6.45, 7) is 5.62.